The zero-order valence-corrected chi connectivity index (χ0v) is 11.6. The predicted molar refractivity (Wildman–Crippen MR) is 66.8 cm³/mol. The lowest BCUT2D eigenvalue weighted by molar-refractivity contribution is -0.191. The van der Waals surface area contributed by atoms with Gasteiger partial charge in [-0.25, -0.2) is 8.78 Å². The minimum absolute atomic E-state index is 0.361. The van der Waals surface area contributed by atoms with Crippen LogP contribution in [-0.4, -0.2) is 18.0 Å². The van der Waals surface area contributed by atoms with Crippen molar-refractivity contribution in [2.45, 2.75) is 64.4 Å². The molecule has 0 aromatic heterocycles. The van der Waals surface area contributed by atoms with E-state index in [2.05, 4.69) is 0 Å². The largest absolute Gasteiger partial charge is 0.456 e. The van der Waals surface area contributed by atoms with Crippen molar-refractivity contribution in [3.8, 4) is 0 Å². The maximum absolute atomic E-state index is 13.2. The Bertz CT molecular complexity index is 351. The molecule has 4 saturated carbocycles. The minimum atomic E-state index is -2.96. The minimum Gasteiger partial charge on any atom is -0.456 e. The first-order valence-corrected chi connectivity index (χ1v) is 7.37. The van der Waals surface area contributed by atoms with Crippen molar-refractivity contribution in [1.29, 1.82) is 0 Å². The van der Waals surface area contributed by atoms with Crippen molar-refractivity contribution in [2.75, 3.05) is 0 Å². The zero-order chi connectivity index (χ0) is 13.8. The average molecular weight is 272 g/mol. The lowest BCUT2D eigenvalue weighted by Crippen LogP contribution is -2.51. The number of halogens is 2. The van der Waals surface area contributed by atoms with E-state index in [1.807, 2.05) is 0 Å². The highest BCUT2D eigenvalue weighted by Crippen LogP contribution is 2.60. The number of esters is 1. The maximum atomic E-state index is 13.2. The molecule has 4 aliphatic carbocycles. The number of hydrogen-bond donors (Lipinski definition) is 0. The van der Waals surface area contributed by atoms with Crippen molar-refractivity contribution in [1.82, 2.24) is 0 Å². The monoisotopic (exact) mass is 272 g/mol. The molecule has 1 unspecified atom stereocenters. The molecule has 0 amide bonds. The summed E-state index contributed by atoms with van der Waals surface area (Å²) < 4.78 is 31.5. The molecule has 1 atom stereocenters. The van der Waals surface area contributed by atoms with Crippen LogP contribution in [0.5, 0.6) is 0 Å². The Balaban J connectivity index is 1.73. The first kappa shape index (κ1) is 13.3. The van der Waals surface area contributed by atoms with E-state index in [4.69, 9.17) is 4.74 Å². The molecule has 0 aliphatic heterocycles. The summed E-state index contributed by atoms with van der Waals surface area (Å²) in [6, 6.07) is 0. The molecule has 4 rings (SSSR count). The Morgan fingerprint density at radius 3 is 1.95 bits per heavy atom. The van der Waals surface area contributed by atoms with E-state index < -0.39 is 17.4 Å². The molecule has 4 bridgehead atoms. The van der Waals surface area contributed by atoms with Gasteiger partial charge in [0.2, 0.25) is 0 Å². The van der Waals surface area contributed by atoms with Crippen LogP contribution in [0.25, 0.3) is 0 Å². The predicted octanol–water partition coefficient (Wildman–Crippen LogP) is 3.79. The van der Waals surface area contributed by atoms with Crippen LogP contribution in [0.1, 0.15) is 52.4 Å². The van der Waals surface area contributed by atoms with Gasteiger partial charge in [0.1, 0.15) is 0 Å². The van der Waals surface area contributed by atoms with Crippen LogP contribution < -0.4 is 0 Å². The lowest BCUT2D eigenvalue weighted by Gasteiger charge is -2.55. The molecule has 0 heterocycles. The molecule has 0 N–H and O–H groups in total. The van der Waals surface area contributed by atoms with Gasteiger partial charge < -0.3 is 4.74 Å². The highest BCUT2D eigenvalue weighted by atomic mass is 19.3. The van der Waals surface area contributed by atoms with E-state index in [0.29, 0.717) is 17.8 Å². The van der Waals surface area contributed by atoms with Gasteiger partial charge in [-0.05, 0) is 63.2 Å². The van der Waals surface area contributed by atoms with Gasteiger partial charge in [-0.3, -0.25) is 4.79 Å². The van der Waals surface area contributed by atoms with Crippen LogP contribution in [0.15, 0.2) is 0 Å². The average Bonchev–Trinajstić information content (AvgIpc) is 2.25. The quantitative estimate of drug-likeness (QED) is 0.731. The lowest BCUT2D eigenvalue weighted by atomic mass is 9.49. The number of hydrogen-bond acceptors (Lipinski definition) is 2. The topological polar surface area (TPSA) is 26.3 Å². The molecule has 108 valence electrons. The number of alkyl halides is 2. The zero-order valence-electron chi connectivity index (χ0n) is 11.6. The van der Waals surface area contributed by atoms with E-state index in [9.17, 15) is 13.6 Å². The van der Waals surface area contributed by atoms with Gasteiger partial charge in [0, 0.05) is 6.92 Å². The summed E-state index contributed by atoms with van der Waals surface area (Å²) in [7, 11) is 0. The van der Waals surface area contributed by atoms with E-state index in [1.54, 1.807) is 0 Å². The summed E-state index contributed by atoms with van der Waals surface area (Å²) in [6.45, 7) is 2.10. The molecule has 0 aromatic rings. The second-order valence-electron chi connectivity index (χ2n) is 7.20. The molecular formula is C15H22F2O2. The molecule has 0 saturated heterocycles. The Labute approximate surface area is 112 Å². The smallest absolute Gasteiger partial charge is 0.312 e. The fourth-order valence-corrected chi connectivity index (χ4v) is 4.75. The number of rotatable bonds is 3. The Kier molecular flexibility index (Phi) is 2.92. The summed E-state index contributed by atoms with van der Waals surface area (Å²) in [5.41, 5.74) is -0.436. The van der Waals surface area contributed by atoms with Gasteiger partial charge in [-0.15, -0.1) is 0 Å². The first-order valence-electron chi connectivity index (χ1n) is 7.37. The number of carbonyl (C=O) groups is 1. The first-order chi connectivity index (χ1) is 8.78. The number of ether oxygens (including phenoxy) is 1. The van der Waals surface area contributed by atoms with E-state index in [-0.39, 0.29) is 5.97 Å². The van der Waals surface area contributed by atoms with Gasteiger partial charge in [0.25, 0.3) is 5.92 Å². The molecule has 2 nitrogen and oxygen atoms in total. The third kappa shape index (κ3) is 2.27. The molecular weight excluding hydrogens is 250 g/mol. The molecule has 4 aliphatic rings. The summed E-state index contributed by atoms with van der Waals surface area (Å²) in [6.07, 6.45) is 4.94. The van der Waals surface area contributed by atoms with Crippen molar-refractivity contribution < 1.29 is 18.3 Å². The fourth-order valence-electron chi connectivity index (χ4n) is 4.75. The van der Waals surface area contributed by atoms with Crippen molar-refractivity contribution in [2.24, 2.45) is 23.2 Å². The van der Waals surface area contributed by atoms with Crippen molar-refractivity contribution >= 4 is 5.97 Å². The Hall–Kier alpha value is -0.670. The van der Waals surface area contributed by atoms with Gasteiger partial charge >= 0.3 is 5.97 Å². The van der Waals surface area contributed by atoms with Crippen LogP contribution in [0.2, 0.25) is 0 Å². The Morgan fingerprint density at radius 1 is 1.16 bits per heavy atom. The van der Waals surface area contributed by atoms with E-state index in [0.717, 1.165) is 26.2 Å². The molecule has 4 fully saturated rings. The van der Waals surface area contributed by atoms with Gasteiger partial charge in [-0.1, -0.05) is 0 Å². The highest BCUT2D eigenvalue weighted by molar-refractivity contribution is 5.77. The maximum Gasteiger partial charge on any atom is 0.312 e. The van der Waals surface area contributed by atoms with Crippen molar-refractivity contribution in [3.63, 3.8) is 0 Å². The van der Waals surface area contributed by atoms with Gasteiger partial charge in [-0.2, -0.15) is 0 Å². The summed E-state index contributed by atoms with van der Waals surface area (Å²) in [5.74, 6) is -1.46. The SMILES string of the molecule is CC(OC(=O)C12CC3CC(CC(C3)C1)C2)C(C)(F)F. The summed E-state index contributed by atoms with van der Waals surface area (Å²) in [4.78, 5) is 12.4. The normalized spacial score (nSPS) is 42.2. The third-order valence-corrected chi connectivity index (χ3v) is 5.47. The Morgan fingerprint density at radius 2 is 1.58 bits per heavy atom. The van der Waals surface area contributed by atoms with Crippen LogP contribution in [0.4, 0.5) is 8.78 Å². The summed E-state index contributed by atoms with van der Waals surface area (Å²) >= 11 is 0. The highest BCUT2D eigenvalue weighted by Gasteiger charge is 2.56. The molecule has 0 aromatic carbocycles. The third-order valence-electron chi connectivity index (χ3n) is 5.47. The van der Waals surface area contributed by atoms with E-state index in [1.165, 1.54) is 26.2 Å². The van der Waals surface area contributed by atoms with Crippen LogP contribution in [-0.2, 0) is 9.53 Å². The van der Waals surface area contributed by atoms with Crippen LogP contribution in [0, 0.1) is 23.2 Å². The van der Waals surface area contributed by atoms with E-state index >= 15 is 0 Å². The van der Waals surface area contributed by atoms with Crippen LogP contribution >= 0.6 is 0 Å². The van der Waals surface area contributed by atoms with Crippen LogP contribution in [0.3, 0.4) is 0 Å². The molecule has 19 heavy (non-hydrogen) atoms. The second-order valence-corrected chi connectivity index (χ2v) is 7.20. The fraction of sp³-hybridized carbons (Fsp3) is 0.933. The van der Waals surface area contributed by atoms with Gasteiger partial charge in [0.15, 0.2) is 6.10 Å². The second kappa shape index (κ2) is 4.16. The summed E-state index contributed by atoms with van der Waals surface area (Å²) in [5, 5.41) is 0. The number of carbonyl (C=O) groups excluding carboxylic acids is 1. The molecule has 0 radical (unpaired) electrons. The molecule has 0 spiro atoms. The van der Waals surface area contributed by atoms with Crippen molar-refractivity contribution in [3.05, 3.63) is 0 Å². The molecule has 4 heteroatoms. The van der Waals surface area contributed by atoms with Gasteiger partial charge in [0.05, 0.1) is 5.41 Å². The standard InChI is InChI=1S/C15H22F2O2/c1-9(14(2,16)17)19-13(18)15-6-10-3-11(7-15)5-12(4-10)8-15/h9-12H,3-8H2,1-2H3.